The van der Waals surface area contributed by atoms with Gasteiger partial charge in [-0.2, -0.15) is 0 Å². The summed E-state index contributed by atoms with van der Waals surface area (Å²) in [6.45, 7) is 10.8. The molecule has 0 aromatic heterocycles. The van der Waals surface area contributed by atoms with Crippen molar-refractivity contribution in [1.29, 1.82) is 0 Å². The topological polar surface area (TPSA) is 83.5 Å². The molecule has 0 bridgehead atoms. The Labute approximate surface area is 217 Å². The fourth-order valence-electron chi connectivity index (χ4n) is 3.79. The van der Waals surface area contributed by atoms with Crippen molar-refractivity contribution >= 4 is 40.6 Å². The second-order valence-corrected chi connectivity index (χ2v) is 9.24. The number of benzene rings is 1. The predicted octanol–water partition coefficient (Wildman–Crippen LogP) is 4.50. The maximum absolute atomic E-state index is 13.3. The molecule has 1 unspecified atom stereocenters. The molecule has 192 valence electrons. The number of carbonyl (C=O) groups excluding carboxylic acids is 2. The highest BCUT2D eigenvalue weighted by molar-refractivity contribution is 8.15. The van der Waals surface area contributed by atoms with Crippen LogP contribution in [0.3, 0.4) is 0 Å². The van der Waals surface area contributed by atoms with Crippen LogP contribution in [0.1, 0.15) is 26.7 Å². The summed E-state index contributed by atoms with van der Waals surface area (Å²) in [4.78, 5) is 32.7. The monoisotopic (exact) mass is 510 g/mol. The first-order valence-corrected chi connectivity index (χ1v) is 12.9. The van der Waals surface area contributed by atoms with E-state index in [9.17, 15) is 9.59 Å². The van der Waals surface area contributed by atoms with Crippen LogP contribution in [0.2, 0.25) is 0 Å². The van der Waals surface area contributed by atoms with Crippen LogP contribution in [0.4, 0.5) is 11.4 Å². The smallest absolute Gasteiger partial charge is 0.242 e. The highest BCUT2D eigenvalue weighted by atomic mass is 32.2. The lowest BCUT2D eigenvalue weighted by molar-refractivity contribution is -0.126. The lowest BCUT2D eigenvalue weighted by Gasteiger charge is -2.28. The van der Waals surface area contributed by atoms with Gasteiger partial charge in [0.2, 0.25) is 12.3 Å². The van der Waals surface area contributed by atoms with Gasteiger partial charge in [0, 0.05) is 30.9 Å². The molecule has 2 fully saturated rings. The number of amidine groups is 1. The summed E-state index contributed by atoms with van der Waals surface area (Å²) in [6, 6.07) is 8.07. The number of aliphatic imine (C=N–C) groups is 1. The molecular formula is C27H34N4O4S. The molecule has 2 aliphatic heterocycles. The standard InChI is InChI=1S/C27H34N4O4S/c1-4-21(28-20-32)9-7-8-10-25-26(33)31(19-24(5-2)35-6-3)27(36-25)29-22-11-13-23(14-12-22)30-15-17-34-18-16-30/h4-8,11-14,20,25H,3,9-10,15-19H2,1-2H3,(H,28,32)/b8-7-,21-4+,24-5-,29-27?. The third kappa shape index (κ3) is 7.60. The molecule has 9 heteroatoms. The number of amides is 2. The van der Waals surface area contributed by atoms with Crippen LogP contribution in [0.5, 0.6) is 0 Å². The number of ether oxygens (including phenoxy) is 2. The van der Waals surface area contributed by atoms with Gasteiger partial charge < -0.3 is 19.7 Å². The average molecular weight is 511 g/mol. The van der Waals surface area contributed by atoms with Crippen molar-refractivity contribution in [2.75, 3.05) is 37.7 Å². The number of carbonyl (C=O) groups is 2. The lowest BCUT2D eigenvalue weighted by Crippen LogP contribution is -2.36. The van der Waals surface area contributed by atoms with E-state index in [-0.39, 0.29) is 17.7 Å². The Morgan fingerprint density at radius 3 is 2.61 bits per heavy atom. The second kappa shape index (κ2) is 14.3. The number of rotatable bonds is 12. The van der Waals surface area contributed by atoms with Gasteiger partial charge in [-0.25, -0.2) is 4.99 Å². The molecule has 0 radical (unpaired) electrons. The lowest BCUT2D eigenvalue weighted by atomic mass is 10.2. The van der Waals surface area contributed by atoms with Gasteiger partial charge in [-0.15, -0.1) is 0 Å². The van der Waals surface area contributed by atoms with E-state index < -0.39 is 0 Å². The summed E-state index contributed by atoms with van der Waals surface area (Å²) in [6.07, 6.45) is 10.8. The summed E-state index contributed by atoms with van der Waals surface area (Å²) >= 11 is 1.45. The minimum Gasteiger partial charge on any atom is -0.468 e. The van der Waals surface area contributed by atoms with Crippen molar-refractivity contribution in [2.45, 2.75) is 31.9 Å². The van der Waals surface area contributed by atoms with Crippen LogP contribution < -0.4 is 10.2 Å². The average Bonchev–Trinajstić information content (AvgIpc) is 3.20. The third-order valence-corrected chi connectivity index (χ3v) is 6.99. The van der Waals surface area contributed by atoms with Crippen LogP contribution in [0.25, 0.3) is 0 Å². The fraction of sp³-hybridized carbons (Fsp3) is 0.370. The molecule has 0 aliphatic carbocycles. The molecule has 2 amide bonds. The first kappa shape index (κ1) is 27.3. The molecule has 2 saturated heterocycles. The Kier molecular flexibility index (Phi) is 10.8. The maximum Gasteiger partial charge on any atom is 0.242 e. The van der Waals surface area contributed by atoms with Crippen molar-refractivity contribution in [1.82, 2.24) is 10.2 Å². The molecular weight excluding hydrogens is 476 g/mol. The van der Waals surface area contributed by atoms with Gasteiger partial charge in [0.05, 0.1) is 37.0 Å². The van der Waals surface area contributed by atoms with E-state index in [0.29, 0.717) is 30.2 Å². The van der Waals surface area contributed by atoms with Crippen LogP contribution >= 0.6 is 11.8 Å². The summed E-state index contributed by atoms with van der Waals surface area (Å²) in [7, 11) is 0. The Morgan fingerprint density at radius 1 is 1.22 bits per heavy atom. The Hall–Kier alpha value is -3.30. The molecule has 1 aromatic rings. The number of hydrogen-bond donors (Lipinski definition) is 1. The number of anilines is 1. The quantitative estimate of drug-likeness (QED) is 0.253. The van der Waals surface area contributed by atoms with Crippen molar-refractivity contribution in [3.63, 3.8) is 0 Å². The van der Waals surface area contributed by atoms with Crippen molar-refractivity contribution in [3.8, 4) is 0 Å². The normalized spacial score (nSPS) is 20.3. The van der Waals surface area contributed by atoms with Gasteiger partial charge >= 0.3 is 0 Å². The van der Waals surface area contributed by atoms with E-state index in [1.807, 2.05) is 50.3 Å². The largest absolute Gasteiger partial charge is 0.468 e. The number of allylic oxidation sites excluding steroid dienone is 4. The second-order valence-electron chi connectivity index (χ2n) is 8.07. The first-order valence-electron chi connectivity index (χ1n) is 12.0. The summed E-state index contributed by atoms with van der Waals surface area (Å²) in [5.41, 5.74) is 2.74. The highest BCUT2D eigenvalue weighted by Gasteiger charge is 2.37. The van der Waals surface area contributed by atoms with Crippen molar-refractivity contribution in [2.24, 2.45) is 4.99 Å². The van der Waals surface area contributed by atoms with Gasteiger partial charge in [-0.05, 0) is 50.6 Å². The van der Waals surface area contributed by atoms with E-state index in [4.69, 9.17) is 14.5 Å². The molecule has 3 rings (SSSR count). The number of thioether (sulfide) groups is 1. The van der Waals surface area contributed by atoms with E-state index in [1.54, 1.807) is 4.90 Å². The van der Waals surface area contributed by atoms with Crippen molar-refractivity contribution in [3.05, 3.63) is 72.9 Å². The number of nitrogens with zero attached hydrogens (tertiary/aromatic N) is 3. The van der Waals surface area contributed by atoms with Gasteiger partial charge in [-0.1, -0.05) is 36.6 Å². The van der Waals surface area contributed by atoms with Crippen molar-refractivity contribution < 1.29 is 19.1 Å². The van der Waals surface area contributed by atoms with E-state index in [0.717, 1.165) is 43.4 Å². The highest BCUT2D eigenvalue weighted by Crippen LogP contribution is 2.33. The maximum atomic E-state index is 13.3. The predicted molar refractivity (Wildman–Crippen MR) is 146 cm³/mol. The zero-order valence-electron chi connectivity index (χ0n) is 20.9. The van der Waals surface area contributed by atoms with E-state index >= 15 is 0 Å². The zero-order valence-corrected chi connectivity index (χ0v) is 21.7. The minimum absolute atomic E-state index is 0.0161. The number of hydrogen-bond acceptors (Lipinski definition) is 7. The molecule has 8 nitrogen and oxygen atoms in total. The summed E-state index contributed by atoms with van der Waals surface area (Å²) in [5, 5.41) is 3.02. The molecule has 0 spiro atoms. The third-order valence-electron chi connectivity index (χ3n) is 5.79. The van der Waals surface area contributed by atoms with Gasteiger partial charge in [0.25, 0.3) is 0 Å². The molecule has 1 atom stereocenters. The van der Waals surface area contributed by atoms with Gasteiger partial charge in [0.15, 0.2) is 5.17 Å². The molecule has 1 N–H and O–H groups in total. The van der Waals surface area contributed by atoms with Crippen LogP contribution in [-0.4, -0.2) is 60.5 Å². The summed E-state index contributed by atoms with van der Waals surface area (Å²) in [5.74, 6) is 0.612. The van der Waals surface area contributed by atoms with Crippen LogP contribution in [0.15, 0.2) is 77.9 Å². The van der Waals surface area contributed by atoms with E-state index in [1.165, 1.54) is 18.0 Å². The van der Waals surface area contributed by atoms with Crippen LogP contribution in [-0.2, 0) is 19.1 Å². The minimum atomic E-state index is -0.289. The molecule has 2 aliphatic rings. The summed E-state index contributed by atoms with van der Waals surface area (Å²) < 4.78 is 10.9. The number of nitrogens with one attached hydrogen (secondary N) is 1. The van der Waals surface area contributed by atoms with Gasteiger partial charge in [-0.3, -0.25) is 14.5 Å². The fourth-order valence-corrected chi connectivity index (χ4v) is 4.92. The first-order chi connectivity index (χ1) is 17.6. The van der Waals surface area contributed by atoms with Crippen LogP contribution in [0, 0.1) is 0 Å². The molecule has 2 heterocycles. The van der Waals surface area contributed by atoms with E-state index in [2.05, 4.69) is 28.9 Å². The Balaban J connectivity index is 1.75. The molecule has 36 heavy (non-hydrogen) atoms. The Bertz CT molecular complexity index is 1030. The Morgan fingerprint density at radius 2 is 1.97 bits per heavy atom. The molecule has 0 saturated carbocycles. The number of morpholine rings is 1. The SMILES string of the molecule is C=CO/C(=C\C)CN1C(=O)C(C/C=C\C/C(=C\C)NC=O)SC1=Nc1ccc(N2CCOCC2)cc1. The molecule has 1 aromatic carbocycles. The van der Waals surface area contributed by atoms with Gasteiger partial charge in [0.1, 0.15) is 5.76 Å². The zero-order chi connectivity index (χ0) is 25.8.